The Balaban J connectivity index is 2.51. The van der Waals surface area contributed by atoms with E-state index in [1.54, 1.807) is 12.2 Å². The van der Waals surface area contributed by atoms with Gasteiger partial charge in [-0.1, -0.05) is 134 Å². The molecule has 0 aromatic heterocycles. The van der Waals surface area contributed by atoms with Crippen molar-refractivity contribution in [3.63, 3.8) is 0 Å². The van der Waals surface area contributed by atoms with E-state index in [0.717, 1.165) is 83.5 Å². The molecule has 0 radical (unpaired) electrons. The molecular formula is C46H82O16P2. The number of ether oxygens (including phenoxy) is 2. The number of aliphatic hydroxyl groups is 3. The van der Waals surface area contributed by atoms with Crippen molar-refractivity contribution >= 4 is 33.4 Å². The summed E-state index contributed by atoms with van der Waals surface area (Å²) in [5.41, 5.74) is 0. The van der Waals surface area contributed by atoms with Crippen molar-refractivity contribution in [3.05, 3.63) is 36.5 Å². The number of carbonyl (C=O) groups is 3. The van der Waals surface area contributed by atoms with Crippen molar-refractivity contribution in [1.82, 2.24) is 0 Å². The Morgan fingerprint density at radius 1 is 0.688 bits per heavy atom. The van der Waals surface area contributed by atoms with E-state index in [1.165, 1.54) is 19.3 Å². The maximum absolute atomic E-state index is 12.7. The van der Waals surface area contributed by atoms with E-state index >= 15 is 0 Å². The van der Waals surface area contributed by atoms with Gasteiger partial charge in [0.25, 0.3) is 0 Å². The van der Waals surface area contributed by atoms with E-state index in [1.807, 2.05) is 0 Å². The summed E-state index contributed by atoms with van der Waals surface area (Å²) in [5, 5.41) is 30.5. The summed E-state index contributed by atoms with van der Waals surface area (Å²) in [7, 11) is -9.77. The molecule has 6 N–H and O–H groups in total. The van der Waals surface area contributed by atoms with Gasteiger partial charge in [-0.25, -0.2) is 9.13 Å². The van der Waals surface area contributed by atoms with Crippen LogP contribution in [0, 0.1) is 11.8 Å². The van der Waals surface area contributed by atoms with Crippen molar-refractivity contribution in [1.29, 1.82) is 0 Å². The first-order valence-corrected chi connectivity index (χ1v) is 26.8. The van der Waals surface area contributed by atoms with Crippen LogP contribution in [0.25, 0.3) is 0 Å². The molecule has 7 atom stereocenters. The molecule has 1 rings (SSSR count). The van der Waals surface area contributed by atoms with E-state index in [2.05, 4.69) is 47.2 Å². The van der Waals surface area contributed by atoms with Gasteiger partial charge in [-0.15, -0.1) is 0 Å². The fourth-order valence-electron chi connectivity index (χ4n) is 7.22. The first-order valence-electron chi connectivity index (χ1n) is 23.8. The quantitative estimate of drug-likeness (QED) is 0.0145. The lowest BCUT2D eigenvalue weighted by atomic mass is 9.88. The molecule has 16 nitrogen and oxygen atoms in total. The minimum absolute atomic E-state index is 0.0110. The average molecular weight is 953 g/mol. The minimum Gasteiger partial charge on any atom is -0.462 e. The van der Waals surface area contributed by atoms with Gasteiger partial charge in [0.05, 0.1) is 32.0 Å². The highest BCUT2D eigenvalue weighted by Gasteiger charge is 2.39. The summed E-state index contributed by atoms with van der Waals surface area (Å²) >= 11 is 0. The van der Waals surface area contributed by atoms with Crippen LogP contribution < -0.4 is 0 Å². The molecule has 0 aromatic rings. The number of hydrogen-bond acceptors (Lipinski definition) is 13. The zero-order valence-electron chi connectivity index (χ0n) is 38.6. The van der Waals surface area contributed by atoms with Crippen LogP contribution in [0.15, 0.2) is 36.5 Å². The third kappa shape index (κ3) is 33.4. The Labute approximate surface area is 382 Å². The van der Waals surface area contributed by atoms with Crippen molar-refractivity contribution in [2.75, 3.05) is 26.4 Å². The summed E-state index contributed by atoms with van der Waals surface area (Å²) in [4.78, 5) is 65.6. The van der Waals surface area contributed by atoms with E-state index < -0.39 is 78.4 Å². The van der Waals surface area contributed by atoms with Crippen LogP contribution in [0.2, 0.25) is 0 Å². The summed E-state index contributed by atoms with van der Waals surface area (Å²) in [6.45, 7) is 1.37. The highest BCUT2D eigenvalue weighted by molar-refractivity contribution is 7.47. The fourth-order valence-corrected chi connectivity index (χ4v) is 8.37. The summed E-state index contributed by atoms with van der Waals surface area (Å²) in [6, 6.07) is 0. The number of ketones is 1. The molecule has 1 fully saturated rings. The van der Waals surface area contributed by atoms with Gasteiger partial charge >= 0.3 is 27.6 Å². The van der Waals surface area contributed by atoms with Crippen LogP contribution in [-0.4, -0.2) is 98.6 Å². The molecule has 1 aliphatic rings. The number of rotatable bonds is 41. The van der Waals surface area contributed by atoms with Gasteiger partial charge in [-0.2, -0.15) is 0 Å². The van der Waals surface area contributed by atoms with Gasteiger partial charge in [0.1, 0.15) is 18.5 Å². The topological polar surface area (TPSA) is 253 Å². The molecule has 1 unspecified atom stereocenters. The Bertz CT molecular complexity index is 1430. The van der Waals surface area contributed by atoms with E-state index in [9.17, 15) is 43.7 Å². The molecule has 0 spiro atoms. The molecule has 1 saturated carbocycles. The van der Waals surface area contributed by atoms with Crippen molar-refractivity contribution < 1.29 is 76.6 Å². The van der Waals surface area contributed by atoms with Crippen LogP contribution in [0.5, 0.6) is 0 Å². The second-order valence-corrected chi connectivity index (χ2v) is 19.5. The van der Waals surface area contributed by atoms with Crippen molar-refractivity contribution in [2.45, 2.75) is 199 Å². The number of unbranched alkanes of at least 4 members (excludes halogenated alkanes) is 15. The molecular weight excluding hydrogens is 870 g/mol. The summed E-state index contributed by atoms with van der Waals surface area (Å²) in [5.74, 6) is -1.84. The van der Waals surface area contributed by atoms with Crippen LogP contribution in [0.1, 0.15) is 174 Å². The minimum atomic E-state index is -4.90. The molecule has 0 aromatic carbocycles. The van der Waals surface area contributed by atoms with Crippen molar-refractivity contribution in [2.24, 2.45) is 11.8 Å². The molecule has 0 heterocycles. The molecule has 1 aliphatic carbocycles. The highest BCUT2D eigenvalue weighted by atomic mass is 31.2. The SMILES string of the molecule is CCCCC/C=C\C/C=C\CCCCCCCCCC(=O)O[C@H](COC(=O)CCCCCC[C@H]1C(=O)C[C@@H](O)[C@@H]1/C=C/[C@@H](O)CCCCC)COP(=O)(O)OC[C@@H](O)COP(=O)(O)O. The van der Waals surface area contributed by atoms with Crippen LogP contribution >= 0.6 is 15.6 Å². The fraction of sp³-hybridized carbons (Fsp3) is 0.804. The smallest absolute Gasteiger partial charge is 0.462 e. The number of carbonyl (C=O) groups excluding carboxylic acids is 3. The zero-order chi connectivity index (χ0) is 47.5. The maximum Gasteiger partial charge on any atom is 0.472 e. The number of hydrogen-bond donors (Lipinski definition) is 6. The van der Waals surface area contributed by atoms with Gasteiger partial charge in [-0.3, -0.25) is 28.0 Å². The van der Waals surface area contributed by atoms with Gasteiger partial charge in [0, 0.05) is 31.1 Å². The summed E-state index contributed by atoms with van der Waals surface area (Å²) < 4.78 is 47.9. The van der Waals surface area contributed by atoms with Gasteiger partial charge in [0.15, 0.2) is 6.10 Å². The standard InChI is InChI=1S/C46H82O16P2/c1-3-5-7-8-9-10-11-12-13-14-15-16-17-18-19-20-26-30-46(52)62-40(37-61-64(56,57)60-35-39(48)34-59-63(53,54)55)36-58-45(51)29-25-22-21-24-28-41-42(44(50)33-43(41)49)32-31-38(47)27-23-6-4-2/h9-10,12-13,31-32,38-42,44,47-48,50H,3-8,11,14-30,33-37H2,1-2H3,(H,56,57)(H2,53,54,55)/b10-9-,13-12-,32-31+/t38-,39-,40+,41+,42+,44+/m0/s1. The molecule has 0 saturated heterocycles. The molecule has 0 bridgehead atoms. The maximum atomic E-state index is 12.7. The van der Waals surface area contributed by atoms with E-state index in [4.69, 9.17) is 23.8 Å². The molecule has 64 heavy (non-hydrogen) atoms. The van der Waals surface area contributed by atoms with Crippen molar-refractivity contribution in [3.8, 4) is 0 Å². The number of Topliss-reactive ketones (excluding diaryl/α,β-unsaturated/α-hetero) is 1. The van der Waals surface area contributed by atoms with Crippen LogP contribution in [0.4, 0.5) is 0 Å². The largest absolute Gasteiger partial charge is 0.472 e. The zero-order valence-corrected chi connectivity index (χ0v) is 40.4. The monoisotopic (exact) mass is 953 g/mol. The predicted octanol–water partition coefficient (Wildman–Crippen LogP) is 9.04. The van der Waals surface area contributed by atoms with Gasteiger partial charge in [-0.05, 0) is 57.8 Å². The number of esters is 2. The van der Waals surface area contributed by atoms with Crippen LogP contribution in [0.3, 0.4) is 0 Å². The first-order chi connectivity index (χ1) is 30.6. The van der Waals surface area contributed by atoms with E-state index in [0.29, 0.717) is 38.5 Å². The average Bonchev–Trinajstić information content (AvgIpc) is 3.51. The highest BCUT2D eigenvalue weighted by Crippen LogP contribution is 2.44. The molecule has 0 aliphatic heterocycles. The Morgan fingerprint density at radius 3 is 1.88 bits per heavy atom. The Hall–Kier alpha value is -2.07. The van der Waals surface area contributed by atoms with Gasteiger partial charge < -0.3 is 39.5 Å². The molecule has 0 amide bonds. The second kappa shape index (κ2) is 37.0. The predicted molar refractivity (Wildman–Crippen MR) is 245 cm³/mol. The summed E-state index contributed by atoms with van der Waals surface area (Å²) in [6.07, 6.45) is 28.8. The molecule has 18 heteroatoms. The third-order valence-electron chi connectivity index (χ3n) is 10.9. The Kier molecular flexibility index (Phi) is 34.6. The lowest BCUT2D eigenvalue weighted by Gasteiger charge is -2.20. The lowest BCUT2D eigenvalue weighted by Crippen LogP contribution is -2.30. The second-order valence-electron chi connectivity index (χ2n) is 16.8. The number of phosphoric ester groups is 2. The molecule has 372 valence electrons. The van der Waals surface area contributed by atoms with E-state index in [-0.39, 0.29) is 36.9 Å². The number of aliphatic hydroxyl groups excluding tert-OH is 3. The number of phosphoric acid groups is 2. The lowest BCUT2D eigenvalue weighted by molar-refractivity contribution is -0.161. The normalized spacial score (nSPS) is 19.4. The third-order valence-corrected chi connectivity index (χ3v) is 12.3. The first kappa shape index (κ1) is 59.9. The van der Waals surface area contributed by atoms with Crippen LogP contribution in [-0.2, 0) is 46.6 Å². The van der Waals surface area contributed by atoms with Gasteiger partial charge in [0.2, 0.25) is 0 Å². The number of allylic oxidation sites excluding steroid dienone is 4. The Morgan fingerprint density at radius 2 is 1.23 bits per heavy atom.